The van der Waals surface area contributed by atoms with Gasteiger partial charge in [0.15, 0.2) is 0 Å². The molecule has 0 atom stereocenters. The minimum absolute atomic E-state index is 0.113. The van der Waals surface area contributed by atoms with Crippen LogP contribution in [0.5, 0.6) is 0 Å². The van der Waals surface area contributed by atoms with Crippen molar-refractivity contribution in [2.45, 2.75) is 20.4 Å². The first-order chi connectivity index (χ1) is 12.6. The smallest absolute Gasteiger partial charge is 0.266 e. The molecule has 0 spiro atoms. The summed E-state index contributed by atoms with van der Waals surface area (Å²) in [6.07, 6.45) is 3.15. The van der Waals surface area contributed by atoms with Crippen LogP contribution < -0.4 is 10.9 Å². The first-order valence-corrected chi connectivity index (χ1v) is 9.05. The molecule has 26 heavy (non-hydrogen) atoms. The minimum Gasteiger partial charge on any atom is -0.320 e. The van der Waals surface area contributed by atoms with Crippen LogP contribution in [0.2, 0.25) is 0 Å². The number of rotatable bonds is 3. The van der Waals surface area contributed by atoms with Crippen LogP contribution in [0.3, 0.4) is 0 Å². The Bertz CT molecular complexity index is 1210. The molecule has 0 aliphatic heterocycles. The standard InChI is InChI=1S/C19H16N4O2S/c1-3-23-10-21-18-15(19(23)25)11(2)16(26-18)17(24)22-13-8-12-6-4-5-7-14(12)20-9-13/h4-10H,3H2,1-2H3,(H,22,24). The number of nitrogens with one attached hydrogen (secondary N) is 1. The first-order valence-electron chi connectivity index (χ1n) is 8.23. The van der Waals surface area contributed by atoms with Gasteiger partial charge in [-0.15, -0.1) is 11.3 Å². The maximum absolute atomic E-state index is 12.7. The molecule has 0 aliphatic rings. The first kappa shape index (κ1) is 16.4. The molecule has 0 fully saturated rings. The SMILES string of the molecule is CCn1cnc2sc(C(=O)Nc3cnc4ccccc4c3)c(C)c2c1=O. The Hall–Kier alpha value is -3.06. The van der Waals surface area contributed by atoms with Gasteiger partial charge in [0.1, 0.15) is 4.83 Å². The number of anilines is 1. The lowest BCUT2D eigenvalue weighted by atomic mass is 10.2. The van der Waals surface area contributed by atoms with Gasteiger partial charge in [0, 0.05) is 11.9 Å². The van der Waals surface area contributed by atoms with E-state index in [1.54, 1.807) is 13.1 Å². The summed E-state index contributed by atoms with van der Waals surface area (Å²) in [4.78, 5) is 35.0. The maximum atomic E-state index is 12.7. The second-order valence-corrected chi connectivity index (χ2v) is 6.94. The summed E-state index contributed by atoms with van der Waals surface area (Å²) in [5, 5.41) is 4.34. The summed E-state index contributed by atoms with van der Waals surface area (Å²) in [5.74, 6) is -0.259. The van der Waals surface area contributed by atoms with Crippen molar-refractivity contribution < 1.29 is 4.79 Å². The van der Waals surface area contributed by atoms with Crippen molar-refractivity contribution in [1.29, 1.82) is 0 Å². The maximum Gasteiger partial charge on any atom is 0.266 e. The number of para-hydroxylation sites is 1. The Morgan fingerprint density at radius 3 is 2.88 bits per heavy atom. The molecule has 1 N–H and O–H groups in total. The van der Waals surface area contributed by atoms with Crippen molar-refractivity contribution in [3.05, 3.63) is 63.7 Å². The highest BCUT2D eigenvalue weighted by Gasteiger charge is 2.19. The third-order valence-corrected chi connectivity index (χ3v) is 5.51. The Morgan fingerprint density at radius 1 is 1.27 bits per heavy atom. The zero-order valence-corrected chi connectivity index (χ0v) is 15.1. The summed E-state index contributed by atoms with van der Waals surface area (Å²) in [5.41, 5.74) is 2.03. The van der Waals surface area contributed by atoms with Crippen LogP contribution in [-0.2, 0) is 6.54 Å². The molecule has 1 aromatic carbocycles. The second-order valence-electron chi connectivity index (χ2n) is 5.94. The van der Waals surface area contributed by atoms with Crippen LogP contribution in [0.25, 0.3) is 21.1 Å². The van der Waals surface area contributed by atoms with Gasteiger partial charge >= 0.3 is 0 Å². The van der Waals surface area contributed by atoms with E-state index in [1.165, 1.54) is 22.2 Å². The zero-order chi connectivity index (χ0) is 18.3. The average molecular weight is 364 g/mol. The van der Waals surface area contributed by atoms with Gasteiger partial charge in [0.05, 0.1) is 34.0 Å². The predicted molar refractivity (Wildman–Crippen MR) is 104 cm³/mol. The van der Waals surface area contributed by atoms with Crippen molar-refractivity contribution >= 4 is 44.1 Å². The molecule has 7 heteroatoms. The second kappa shape index (κ2) is 6.34. The molecule has 4 aromatic rings. The molecule has 130 valence electrons. The van der Waals surface area contributed by atoms with Crippen molar-refractivity contribution in [2.75, 3.05) is 5.32 Å². The van der Waals surface area contributed by atoms with E-state index in [1.807, 2.05) is 37.3 Å². The van der Waals surface area contributed by atoms with E-state index in [2.05, 4.69) is 15.3 Å². The number of carbonyl (C=O) groups excluding carboxylic acids is 1. The van der Waals surface area contributed by atoms with E-state index >= 15 is 0 Å². The van der Waals surface area contributed by atoms with Gasteiger partial charge in [0.25, 0.3) is 11.5 Å². The highest BCUT2D eigenvalue weighted by molar-refractivity contribution is 7.20. The molecule has 3 aromatic heterocycles. The fourth-order valence-electron chi connectivity index (χ4n) is 2.93. The van der Waals surface area contributed by atoms with Crippen LogP contribution in [0, 0.1) is 6.92 Å². The minimum atomic E-state index is -0.259. The van der Waals surface area contributed by atoms with Crippen LogP contribution in [0.1, 0.15) is 22.2 Å². The molecule has 3 heterocycles. The van der Waals surface area contributed by atoms with Crippen LogP contribution in [-0.4, -0.2) is 20.4 Å². The van der Waals surface area contributed by atoms with Gasteiger partial charge in [-0.05, 0) is 31.5 Å². The van der Waals surface area contributed by atoms with E-state index in [4.69, 9.17) is 0 Å². The summed E-state index contributed by atoms with van der Waals surface area (Å²) < 4.78 is 1.54. The number of hydrogen-bond donors (Lipinski definition) is 1. The van der Waals surface area contributed by atoms with Crippen LogP contribution >= 0.6 is 11.3 Å². The van der Waals surface area contributed by atoms with E-state index in [0.29, 0.717) is 32.9 Å². The molecule has 0 saturated heterocycles. The Kier molecular flexibility index (Phi) is 4.00. The number of pyridine rings is 1. The lowest BCUT2D eigenvalue weighted by molar-refractivity contribution is 0.103. The Balaban J connectivity index is 1.72. The quantitative estimate of drug-likeness (QED) is 0.603. The highest BCUT2D eigenvalue weighted by Crippen LogP contribution is 2.28. The van der Waals surface area contributed by atoms with E-state index in [-0.39, 0.29) is 11.5 Å². The monoisotopic (exact) mass is 364 g/mol. The number of benzene rings is 1. The van der Waals surface area contributed by atoms with E-state index < -0.39 is 0 Å². The number of nitrogens with zero attached hydrogens (tertiary/aromatic N) is 3. The molecule has 4 rings (SSSR count). The molecule has 0 radical (unpaired) electrons. The van der Waals surface area contributed by atoms with Gasteiger partial charge in [-0.25, -0.2) is 4.98 Å². The Morgan fingerprint density at radius 2 is 2.08 bits per heavy atom. The Labute approximate surface area is 153 Å². The number of carbonyl (C=O) groups is 1. The summed E-state index contributed by atoms with van der Waals surface area (Å²) in [7, 11) is 0. The summed E-state index contributed by atoms with van der Waals surface area (Å²) in [6.45, 7) is 4.22. The number of hydrogen-bond acceptors (Lipinski definition) is 5. The lowest BCUT2D eigenvalue weighted by Crippen LogP contribution is -2.19. The average Bonchev–Trinajstić information content (AvgIpc) is 2.99. The normalized spacial score (nSPS) is 11.2. The lowest BCUT2D eigenvalue weighted by Gasteiger charge is -2.05. The zero-order valence-electron chi connectivity index (χ0n) is 14.3. The van der Waals surface area contributed by atoms with E-state index in [9.17, 15) is 9.59 Å². The van der Waals surface area contributed by atoms with Crippen molar-refractivity contribution in [3.8, 4) is 0 Å². The number of aryl methyl sites for hydroxylation is 2. The fourth-order valence-corrected chi connectivity index (χ4v) is 3.96. The molecular weight excluding hydrogens is 348 g/mol. The van der Waals surface area contributed by atoms with E-state index in [0.717, 1.165) is 10.9 Å². The van der Waals surface area contributed by atoms with Crippen LogP contribution in [0.4, 0.5) is 5.69 Å². The fraction of sp³-hybridized carbons (Fsp3) is 0.158. The number of thiophene rings is 1. The molecule has 1 amide bonds. The van der Waals surface area contributed by atoms with Crippen molar-refractivity contribution in [2.24, 2.45) is 0 Å². The van der Waals surface area contributed by atoms with Crippen LogP contribution in [0.15, 0.2) is 47.7 Å². The number of aromatic nitrogens is 3. The largest absolute Gasteiger partial charge is 0.320 e. The van der Waals surface area contributed by atoms with Gasteiger partial charge < -0.3 is 5.32 Å². The summed E-state index contributed by atoms with van der Waals surface area (Å²) in [6, 6.07) is 9.59. The highest BCUT2D eigenvalue weighted by atomic mass is 32.1. The molecule has 0 aliphatic carbocycles. The van der Waals surface area contributed by atoms with Gasteiger partial charge in [-0.1, -0.05) is 18.2 Å². The molecule has 6 nitrogen and oxygen atoms in total. The predicted octanol–water partition coefficient (Wildman–Crippen LogP) is 3.59. The molecular formula is C19H16N4O2S. The summed E-state index contributed by atoms with van der Waals surface area (Å²) >= 11 is 1.23. The van der Waals surface area contributed by atoms with Crippen molar-refractivity contribution in [1.82, 2.24) is 14.5 Å². The molecule has 0 bridgehead atoms. The van der Waals surface area contributed by atoms with Gasteiger partial charge in [0.2, 0.25) is 0 Å². The third kappa shape index (κ3) is 2.66. The molecule has 0 unspecified atom stereocenters. The topological polar surface area (TPSA) is 76.9 Å². The number of amides is 1. The van der Waals surface area contributed by atoms with Gasteiger partial charge in [-0.3, -0.25) is 19.1 Å². The number of fused-ring (bicyclic) bond motifs is 2. The third-order valence-electron chi connectivity index (χ3n) is 4.31. The van der Waals surface area contributed by atoms with Gasteiger partial charge in [-0.2, -0.15) is 0 Å². The molecule has 0 saturated carbocycles. The van der Waals surface area contributed by atoms with Crippen molar-refractivity contribution in [3.63, 3.8) is 0 Å².